The van der Waals surface area contributed by atoms with E-state index in [-0.39, 0.29) is 6.17 Å². The minimum absolute atomic E-state index is 0.304. The highest BCUT2D eigenvalue weighted by Crippen LogP contribution is 2.28. The standard InChI is InChI=1S/C10H11FN2/c1-12-7-8-13(11)10(12)9-5-3-2-4-6-9/h2-8,10H,1H3. The van der Waals surface area contributed by atoms with Gasteiger partial charge in [0.2, 0.25) is 0 Å². The number of benzene rings is 1. The summed E-state index contributed by atoms with van der Waals surface area (Å²) in [6.45, 7) is 0. The van der Waals surface area contributed by atoms with E-state index >= 15 is 0 Å². The zero-order valence-corrected chi connectivity index (χ0v) is 7.39. The molecule has 2 nitrogen and oxygen atoms in total. The Morgan fingerprint density at radius 1 is 1.15 bits per heavy atom. The van der Waals surface area contributed by atoms with Crippen LogP contribution in [0.5, 0.6) is 0 Å². The molecule has 0 aliphatic carbocycles. The molecular formula is C10H11FN2. The molecule has 0 saturated carbocycles. The maximum Gasteiger partial charge on any atom is 0.157 e. The van der Waals surface area contributed by atoms with Crippen molar-refractivity contribution in [3.05, 3.63) is 48.3 Å². The lowest BCUT2D eigenvalue weighted by Gasteiger charge is -2.24. The van der Waals surface area contributed by atoms with Gasteiger partial charge in [-0.15, -0.1) is 0 Å². The number of hydrogen-bond donors (Lipinski definition) is 0. The third kappa shape index (κ3) is 1.37. The first kappa shape index (κ1) is 8.10. The van der Waals surface area contributed by atoms with Crippen LogP contribution in [0.15, 0.2) is 42.7 Å². The molecule has 0 fully saturated rings. The SMILES string of the molecule is CN1C=CN(F)C1c1ccccc1. The quantitative estimate of drug-likeness (QED) is 0.609. The molecule has 1 heterocycles. The van der Waals surface area contributed by atoms with Crippen LogP contribution in [0.4, 0.5) is 4.48 Å². The van der Waals surface area contributed by atoms with E-state index in [2.05, 4.69) is 0 Å². The molecule has 1 aliphatic heterocycles. The fourth-order valence-electron chi connectivity index (χ4n) is 1.51. The number of hydrogen-bond acceptors (Lipinski definition) is 2. The highest BCUT2D eigenvalue weighted by atomic mass is 19.2. The van der Waals surface area contributed by atoms with Gasteiger partial charge in [-0.25, -0.2) is 0 Å². The third-order valence-electron chi connectivity index (χ3n) is 2.16. The second-order valence-electron chi connectivity index (χ2n) is 3.09. The molecule has 0 saturated heterocycles. The van der Waals surface area contributed by atoms with E-state index in [1.165, 1.54) is 6.20 Å². The number of halogens is 1. The van der Waals surface area contributed by atoms with E-state index in [1.807, 2.05) is 42.3 Å². The second-order valence-corrected chi connectivity index (χ2v) is 3.09. The van der Waals surface area contributed by atoms with Gasteiger partial charge in [0.05, 0.1) is 6.20 Å². The van der Waals surface area contributed by atoms with Gasteiger partial charge >= 0.3 is 0 Å². The summed E-state index contributed by atoms with van der Waals surface area (Å²) in [6, 6.07) is 9.58. The first-order chi connectivity index (χ1) is 6.29. The predicted molar refractivity (Wildman–Crippen MR) is 49.0 cm³/mol. The zero-order chi connectivity index (χ0) is 9.26. The Balaban J connectivity index is 2.27. The maximum atomic E-state index is 13.2. The molecule has 0 spiro atoms. The van der Waals surface area contributed by atoms with Crippen LogP contribution in [-0.2, 0) is 0 Å². The normalized spacial score (nSPS) is 21.2. The van der Waals surface area contributed by atoms with E-state index < -0.39 is 0 Å². The average molecular weight is 178 g/mol. The van der Waals surface area contributed by atoms with Gasteiger partial charge in [-0.2, -0.15) is 5.12 Å². The van der Waals surface area contributed by atoms with Crippen LogP contribution in [-0.4, -0.2) is 17.1 Å². The van der Waals surface area contributed by atoms with E-state index in [9.17, 15) is 4.48 Å². The summed E-state index contributed by atoms with van der Waals surface area (Å²) in [6.07, 6.45) is 2.84. The van der Waals surface area contributed by atoms with E-state index in [0.29, 0.717) is 5.12 Å². The first-order valence-corrected chi connectivity index (χ1v) is 4.18. The molecule has 2 rings (SSSR count). The Kier molecular flexibility index (Phi) is 1.93. The molecule has 1 aromatic rings. The predicted octanol–water partition coefficient (Wildman–Crippen LogP) is 2.29. The topological polar surface area (TPSA) is 6.48 Å². The molecule has 0 N–H and O–H groups in total. The van der Waals surface area contributed by atoms with Crippen molar-refractivity contribution in [2.45, 2.75) is 6.17 Å². The summed E-state index contributed by atoms with van der Waals surface area (Å²) in [7, 11) is 1.85. The van der Waals surface area contributed by atoms with Crippen molar-refractivity contribution in [2.24, 2.45) is 0 Å². The molecule has 1 aliphatic rings. The van der Waals surface area contributed by atoms with Gasteiger partial charge in [0.25, 0.3) is 0 Å². The van der Waals surface area contributed by atoms with Crippen LogP contribution in [0.2, 0.25) is 0 Å². The average Bonchev–Trinajstić information content (AvgIpc) is 2.48. The van der Waals surface area contributed by atoms with Crippen LogP contribution in [0.1, 0.15) is 11.7 Å². The highest BCUT2D eigenvalue weighted by molar-refractivity contribution is 5.20. The summed E-state index contributed by atoms with van der Waals surface area (Å²) >= 11 is 0. The fourth-order valence-corrected chi connectivity index (χ4v) is 1.51. The maximum absolute atomic E-state index is 13.2. The number of rotatable bonds is 1. The van der Waals surface area contributed by atoms with E-state index in [1.54, 1.807) is 6.20 Å². The first-order valence-electron chi connectivity index (χ1n) is 4.18. The molecule has 1 aromatic carbocycles. The summed E-state index contributed by atoms with van der Waals surface area (Å²) in [5.74, 6) is 0. The lowest BCUT2D eigenvalue weighted by atomic mass is 10.2. The summed E-state index contributed by atoms with van der Waals surface area (Å²) in [4.78, 5) is 1.83. The lowest BCUT2D eigenvalue weighted by Crippen LogP contribution is -2.22. The summed E-state index contributed by atoms with van der Waals surface area (Å²) < 4.78 is 13.2. The lowest BCUT2D eigenvalue weighted by molar-refractivity contribution is -0.0000703. The van der Waals surface area contributed by atoms with Crippen molar-refractivity contribution in [1.82, 2.24) is 10.0 Å². The molecule has 3 heteroatoms. The Bertz CT molecular complexity index is 298. The van der Waals surface area contributed by atoms with Crippen LogP contribution >= 0.6 is 0 Å². The second kappa shape index (κ2) is 3.09. The molecule has 1 atom stereocenters. The van der Waals surface area contributed by atoms with Crippen LogP contribution in [0.25, 0.3) is 0 Å². The smallest absolute Gasteiger partial charge is 0.157 e. The van der Waals surface area contributed by atoms with Gasteiger partial charge in [-0.05, 0) is 5.56 Å². The van der Waals surface area contributed by atoms with Gasteiger partial charge in [0, 0.05) is 13.2 Å². The zero-order valence-electron chi connectivity index (χ0n) is 7.39. The summed E-state index contributed by atoms with van der Waals surface area (Å²) in [5, 5.41) is 0.704. The Labute approximate surface area is 76.8 Å². The molecule has 68 valence electrons. The van der Waals surface area contributed by atoms with Crippen molar-refractivity contribution in [1.29, 1.82) is 0 Å². The van der Waals surface area contributed by atoms with E-state index in [0.717, 1.165) is 5.56 Å². The fraction of sp³-hybridized carbons (Fsp3) is 0.200. The van der Waals surface area contributed by atoms with E-state index in [4.69, 9.17) is 0 Å². The Hall–Kier alpha value is -1.51. The van der Waals surface area contributed by atoms with Gasteiger partial charge in [0.1, 0.15) is 0 Å². The minimum Gasteiger partial charge on any atom is -0.353 e. The molecule has 0 bridgehead atoms. The summed E-state index contributed by atoms with van der Waals surface area (Å²) in [5.41, 5.74) is 0.956. The van der Waals surface area contributed by atoms with Crippen molar-refractivity contribution >= 4 is 0 Å². The van der Waals surface area contributed by atoms with Gasteiger partial charge in [0.15, 0.2) is 6.17 Å². The number of nitrogens with zero attached hydrogens (tertiary/aromatic N) is 2. The third-order valence-corrected chi connectivity index (χ3v) is 2.16. The minimum atomic E-state index is -0.304. The Morgan fingerprint density at radius 3 is 2.38 bits per heavy atom. The monoisotopic (exact) mass is 178 g/mol. The van der Waals surface area contributed by atoms with Crippen molar-refractivity contribution in [3.8, 4) is 0 Å². The highest BCUT2D eigenvalue weighted by Gasteiger charge is 2.24. The Morgan fingerprint density at radius 2 is 1.85 bits per heavy atom. The molecular weight excluding hydrogens is 167 g/mol. The molecule has 0 amide bonds. The van der Waals surface area contributed by atoms with Crippen LogP contribution in [0, 0.1) is 0 Å². The van der Waals surface area contributed by atoms with Gasteiger partial charge in [-0.1, -0.05) is 34.8 Å². The van der Waals surface area contributed by atoms with Crippen LogP contribution < -0.4 is 0 Å². The van der Waals surface area contributed by atoms with Crippen molar-refractivity contribution in [2.75, 3.05) is 7.05 Å². The van der Waals surface area contributed by atoms with Gasteiger partial charge in [-0.3, -0.25) is 0 Å². The van der Waals surface area contributed by atoms with Gasteiger partial charge < -0.3 is 4.90 Å². The molecule has 1 unspecified atom stereocenters. The molecule has 0 aromatic heterocycles. The largest absolute Gasteiger partial charge is 0.353 e. The van der Waals surface area contributed by atoms with Crippen molar-refractivity contribution < 1.29 is 4.48 Å². The molecule has 13 heavy (non-hydrogen) atoms. The van der Waals surface area contributed by atoms with Crippen molar-refractivity contribution in [3.63, 3.8) is 0 Å². The van der Waals surface area contributed by atoms with Crippen LogP contribution in [0.3, 0.4) is 0 Å². The molecule has 0 radical (unpaired) electrons.